The van der Waals surface area contributed by atoms with Crippen LogP contribution in [0.4, 0.5) is 0 Å². The summed E-state index contributed by atoms with van der Waals surface area (Å²) in [7, 11) is 0. The molecule has 0 unspecified atom stereocenters. The van der Waals surface area contributed by atoms with E-state index in [2.05, 4.69) is 47.9 Å². The van der Waals surface area contributed by atoms with Crippen LogP contribution >= 0.6 is 11.8 Å². The number of primary amides is 5. The third-order valence-corrected chi connectivity index (χ3v) is 11.8. The Morgan fingerprint density at radius 1 is 0.423 bits per heavy atom. The third kappa shape index (κ3) is 28.1. The fraction of sp³-hybridized carbons (Fsp3) is 0.644. The summed E-state index contributed by atoms with van der Waals surface area (Å²) in [5, 5.41) is 39.5. The maximum absolute atomic E-state index is 14.1. The highest BCUT2D eigenvalue weighted by Crippen LogP contribution is 2.13. The maximum atomic E-state index is 14.1. The fourth-order valence-corrected chi connectivity index (χ4v) is 7.50. The van der Waals surface area contributed by atoms with Gasteiger partial charge in [-0.2, -0.15) is 11.8 Å². The molecule has 21 N–H and O–H groups in total. The van der Waals surface area contributed by atoms with Crippen LogP contribution in [0.2, 0.25) is 0 Å². The smallest absolute Gasteiger partial charge is 0.305 e. The molecule has 0 radical (unpaired) electrons. The lowest BCUT2D eigenvalue weighted by Gasteiger charge is -2.29. The number of nitrogens with two attached hydrogens (primary N) is 5. The van der Waals surface area contributed by atoms with E-state index in [4.69, 9.17) is 28.7 Å². The van der Waals surface area contributed by atoms with Gasteiger partial charge in [0, 0.05) is 19.8 Å². The molecule has 32 nitrogen and oxygen atoms in total. The zero-order valence-corrected chi connectivity index (χ0v) is 44.9. The van der Waals surface area contributed by atoms with Crippen LogP contribution in [0.1, 0.15) is 105 Å². The van der Waals surface area contributed by atoms with E-state index in [0.29, 0.717) is 0 Å². The van der Waals surface area contributed by atoms with Gasteiger partial charge in [-0.05, 0) is 49.5 Å². The third-order valence-electron chi connectivity index (χ3n) is 11.2. The summed E-state index contributed by atoms with van der Waals surface area (Å²) in [6.45, 7) is 7.37. The SMILES string of the molecule is CC[C@H](C)[C@H](NC(=O)[C@H](CC(N)=O)NC(=O)[C@H](CCC(=O)O)NC(=O)[C@H](CC(C)C)NC(=O)[C@H](CC(N)=O)NC(=O)[C@H](CC(N)=O)NC(C)=O)C(=O)N[C@@H](CCSC)C(=O)N[C@@H](CC(=O)O)C(=O)N[C@@H](CCC(N)=O)C(N)=O. The van der Waals surface area contributed by atoms with Crippen molar-refractivity contribution in [3.05, 3.63) is 0 Å². The van der Waals surface area contributed by atoms with E-state index in [1.54, 1.807) is 27.0 Å². The number of amides is 14. The van der Waals surface area contributed by atoms with E-state index in [-0.39, 0.29) is 31.4 Å². The molecular weight excluding hydrogens is 1060 g/mol. The van der Waals surface area contributed by atoms with E-state index in [1.165, 1.54) is 18.7 Å². The number of carbonyl (C=O) groups is 16. The van der Waals surface area contributed by atoms with Gasteiger partial charge in [-0.3, -0.25) is 76.7 Å². The molecule has 14 amide bonds. The number of nitrogens with one attached hydrogen (secondary N) is 9. The van der Waals surface area contributed by atoms with E-state index in [0.717, 1.165) is 6.92 Å². The van der Waals surface area contributed by atoms with E-state index in [9.17, 15) is 86.9 Å². The molecule has 0 rings (SSSR count). The number of thioether (sulfide) groups is 1. The van der Waals surface area contributed by atoms with Gasteiger partial charge in [0.25, 0.3) is 0 Å². The first-order valence-corrected chi connectivity index (χ1v) is 25.7. The zero-order valence-electron chi connectivity index (χ0n) is 44.1. The first kappa shape index (κ1) is 69.9. The largest absolute Gasteiger partial charge is 0.481 e. The fourth-order valence-electron chi connectivity index (χ4n) is 7.03. The van der Waals surface area contributed by atoms with Gasteiger partial charge in [0.1, 0.15) is 54.4 Å². The normalized spacial score (nSPS) is 14.7. The second kappa shape index (κ2) is 35.2. The molecule has 438 valence electrons. The number of hydrogen-bond donors (Lipinski definition) is 16. The first-order valence-electron chi connectivity index (χ1n) is 24.3. The van der Waals surface area contributed by atoms with Crippen molar-refractivity contribution in [2.75, 3.05) is 12.0 Å². The lowest BCUT2D eigenvalue weighted by atomic mass is 9.97. The average molecular weight is 1130 g/mol. The number of carbonyl (C=O) groups excluding carboxylic acids is 14. The van der Waals surface area contributed by atoms with Gasteiger partial charge >= 0.3 is 11.9 Å². The molecule has 0 saturated heterocycles. The molecule has 0 bridgehead atoms. The molecule has 0 heterocycles. The van der Waals surface area contributed by atoms with Crippen molar-refractivity contribution in [1.29, 1.82) is 0 Å². The van der Waals surface area contributed by atoms with Crippen LogP contribution in [0.3, 0.4) is 0 Å². The Hall–Kier alpha value is -8.13. The van der Waals surface area contributed by atoms with Gasteiger partial charge in [-0.1, -0.05) is 34.1 Å². The van der Waals surface area contributed by atoms with Gasteiger partial charge in [0.05, 0.1) is 25.7 Å². The number of carboxylic acid groups (broad SMARTS) is 2. The molecule has 33 heteroatoms. The summed E-state index contributed by atoms with van der Waals surface area (Å²) in [5.74, 6) is -19.3. The Balaban J connectivity index is 6.86. The van der Waals surface area contributed by atoms with Gasteiger partial charge in [0.15, 0.2) is 0 Å². The summed E-state index contributed by atoms with van der Waals surface area (Å²) in [6.07, 6.45) is -4.27. The second-order valence-corrected chi connectivity index (χ2v) is 19.4. The minimum atomic E-state index is -1.93. The summed E-state index contributed by atoms with van der Waals surface area (Å²) in [5.41, 5.74) is 26.4. The number of aliphatic carboxylic acids is 2. The Kier molecular flexibility index (Phi) is 31.6. The molecule has 0 aliphatic rings. The quantitative estimate of drug-likeness (QED) is 0.0272. The van der Waals surface area contributed by atoms with Crippen molar-refractivity contribution in [3.8, 4) is 0 Å². The summed E-state index contributed by atoms with van der Waals surface area (Å²) < 4.78 is 0. The molecule has 10 atom stereocenters. The van der Waals surface area contributed by atoms with E-state index in [1.807, 2.05) is 0 Å². The summed E-state index contributed by atoms with van der Waals surface area (Å²) >= 11 is 1.22. The van der Waals surface area contributed by atoms with Crippen LogP contribution in [0.5, 0.6) is 0 Å². The number of rotatable bonds is 39. The molecular formula is C45H74N14O18S. The minimum absolute atomic E-state index is 0.140. The average Bonchev–Trinajstić information content (AvgIpc) is 3.31. The molecule has 0 aliphatic heterocycles. The molecule has 0 fully saturated rings. The highest BCUT2D eigenvalue weighted by molar-refractivity contribution is 7.98. The van der Waals surface area contributed by atoms with Crippen molar-refractivity contribution < 1.29 is 86.9 Å². The predicted octanol–water partition coefficient (Wildman–Crippen LogP) is -7.07. The van der Waals surface area contributed by atoms with Gasteiger partial charge in [-0.25, -0.2) is 0 Å². The Morgan fingerprint density at radius 3 is 1.17 bits per heavy atom. The van der Waals surface area contributed by atoms with Crippen molar-refractivity contribution in [1.82, 2.24) is 47.9 Å². The Bertz CT molecular complexity index is 2220. The monoisotopic (exact) mass is 1130 g/mol. The molecule has 78 heavy (non-hydrogen) atoms. The second-order valence-electron chi connectivity index (χ2n) is 18.4. The molecule has 0 aromatic rings. The number of hydrogen-bond acceptors (Lipinski definition) is 17. The molecule has 0 aromatic heterocycles. The predicted molar refractivity (Wildman–Crippen MR) is 273 cm³/mol. The van der Waals surface area contributed by atoms with Gasteiger partial charge in [-0.15, -0.1) is 0 Å². The van der Waals surface area contributed by atoms with E-state index >= 15 is 0 Å². The highest BCUT2D eigenvalue weighted by atomic mass is 32.2. The van der Waals surface area contributed by atoms with Gasteiger partial charge in [0.2, 0.25) is 82.7 Å². The Morgan fingerprint density at radius 2 is 0.782 bits per heavy atom. The first-order chi connectivity index (χ1) is 36.2. The topological polar surface area (TPSA) is 552 Å². The van der Waals surface area contributed by atoms with Crippen LogP contribution in [-0.4, -0.2) is 171 Å². The lowest BCUT2D eigenvalue weighted by molar-refractivity contribution is -0.141. The van der Waals surface area contributed by atoms with E-state index < -0.39 is 206 Å². The van der Waals surface area contributed by atoms with Crippen LogP contribution < -0.4 is 76.5 Å². The van der Waals surface area contributed by atoms with Crippen LogP contribution in [0, 0.1) is 11.8 Å². The molecule has 0 aliphatic carbocycles. The minimum Gasteiger partial charge on any atom is -0.481 e. The van der Waals surface area contributed by atoms with Crippen LogP contribution in [-0.2, 0) is 76.7 Å². The molecule has 0 saturated carbocycles. The van der Waals surface area contributed by atoms with Crippen molar-refractivity contribution in [3.63, 3.8) is 0 Å². The number of carboxylic acids is 2. The van der Waals surface area contributed by atoms with Crippen molar-refractivity contribution >= 4 is 106 Å². The van der Waals surface area contributed by atoms with Crippen molar-refractivity contribution in [2.24, 2.45) is 40.5 Å². The van der Waals surface area contributed by atoms with Crippen LogP contribution in [0.25, 0.3) is 0 Å². The van der Waals surface area contributed by atoms with Crippen LogP contribution in [0.15, 0.2) is 0 Å². The lowest BCUT2D eigenvalue weighted by Crippen LogP contribution is -2.62. The zero-order chi connectivity index (χ0) is 60.1. The maximum Gasteiger partial charge on any atom is 0.305 e. The standard InChI is InChI=1S/C45H74N14O18S/c1-7-20(4)36(45(77)54-24(12-13-78-6)39(71)58-29(18-35(67)68)43(75)52-22(37(50)69)8-10-30(46)61)59-44(76)28(17-33(49)64)56-38(70)23(9-11-34(65)66)53-40(72)25(14-19(2)3)55-42(74)27(16-32(48)63)57-41(73)26(15-31(47)62)51-21(5)60/h19-20,22-29,36H,7-18H2,1-6H3,(H2,46,61)(H2,47,62)(H2,48,63)(H2,49,64)(H2,50,69)(H,51,60)(H,52,75)(H,53,72)(H,54,77)(H,55,74)(H,56,70)(H,57,73)(H,58,71)(H,59,76)(H,65,66)(H,67,68)/t20-,22-,23-,24-,25-,26-,27-,28-,29-,36-/m0/s1. The van der Waals surface area contributed by atoms with Crippen molar-refractivity contribution in [2.45, 2.75) is 160 Å². The Labute approximate surface area is 452 Å². The summed E-state index contributed by atoms with van der Waals surface area (Å²) in [6, 6.07) is -15.2. The van der Waals surface area contributed by atoms with Gasteiger partial charge < -0.3 is 86.7 Å². The molecule has 0 spiro atoms. The summed E-state index contributed by atoms with van der Waals surface area (Å²) in [4.78, 5) is 204. The highest BCUT2D eigenvalue weighted by Gasteiger charge is 2.37. The molecule has 0 aromatic carbocycles.